The molecule has 6 heteroatoms. The van der Waals surface area contributed by atoms with Crippen LogP contribution in [0.2, 0.25) is 0 Å². The maximum Gasteiger partial charge on any atom is 0.397 e. The molecule has 2 saturated carbocycles. The number of fused-ring (bicyclic) bond motifs is 4. The molecule has 4 aliphatic rings. The standard InChI is InChI=1S/C18H26O5S/c1-18-9-8-14-13-5-3-12(23-24(20,21)22)10-11(13)2-4-15(14)16(18)6-7-17(18)19/h12,14-16H,2-10H2,1H3,(H,20,21,22)/t12-,14-,15-,16+,18+/m1/s1. The van der Waals surface area contributed by atoms with Crippen LogP contribution in [0.1, 0.15) is 64.7 Å². The number of Topliss-reactive ketones (excluding diaryl/α,β-unsaturated/α-hetero) is 1. The molecule has 0 saturated heterocycles. The average molecular weight is 354 g/mol. The monoisotopic (exact) mass is 354 g/mol. The molecule has 0 bridgehead atoms. The van der Waals surface area contributed by atoms with E-state index in [1.807, 2.05) is 0 Å². The summed E-state index contributed by atoms with van der Waals surface area (Å²) in [6, 6.07) is 0. The molecular formula is C18H26O5S. The lowest BCUT2D eigenvalue weighted by molar-refractivity contribution is -0.129. The lowest BCUT2D eigenvalue weighted by Gasteiger charge is -2.50. The molecule has 0 aliphatic heterocycles. The number of allylic oxidation sites excluding steroid dienone is 1. The zero-order valence-electron chi connectivity index (χ0n) is 14.2. The second kappa shape index (κ2) is 5.64. The molecule has 4 aliphatic carbocycles. The van der Waals surface area contributed by atoms with Crippen LogP contribution in [0, 0.1) is 23.2 Å². The van der Waals surface area contributed by atoms with E-state index in [1.165, 1.54) is 11.1 Å². The predicted molar refractivity (Wildman–Crippen MR) is 88.6 cm³/mol. The van der Waals surface area contributed by atoms with Gasteiger partial charge in [-0.1, -0.05) is 18.1 Å². The Morgan fingerprint density at radius 3 is 2.67 bits per heavy atom. The number of carbonyl (C=O) groups is 1. The van der Waals surface area contributed by atoms with Gasteiger partial charge < -0.3 is 0 Å². The van der Waals surface area contributed by atoms with Crippen molar-refractivity contribution in [3.63, 3.8) is 0 Å². The Bertz CT molecular complexity index is 694. The quantitative estimate of drug-likeness (QED) is 0.607. The van der Waals surface area contributed by atoms with Crippen LogP contribution in [0.3, 0.4) is 0 Å². The lowest BCUT2D eigenvalue weighted by atomic mass is 9.54. The lowest BCUT2D eigenvalue weighted by Crippen LogP contribution is -2.44. The highest BCUT2D eigenvalue weighted by Crippen LogP contribution is 2.60. The number of ketones is 1. The van der Waals surface area contributed by atoms with Gasteiger partial charge in [0.15, 0.2) is 0 Å². The largest absolute Gasteiger partial charge is 0.397 e. The molecule has 0 aromatic heterocycles. The molecule has 0 heterocycles. The number of hydrogen-bond donors (Lipinski definition) is 1. The Morgan fingerprint density at radius 2 is 1.92 bits per heavy atom. The van der Waals surface area contributed by atoms with Crippen molar-refractivity contribution in [3.8, 4) is 0 Å². The molecule has 0 radical (unpaired) electrons. The van der Waals surface area contributed by atoms with Crippen molar-refractivity contribution in [1.82, 2.24) is 0 Å². The average Bonchev–Trinajstić information content (AvgIpc) is 2.81. The van der Waals surface area contributed by atoms with Crippen molar-refractivity contribution in [1.29, 1.82) is 0 Å². The third-order valence-electron chi connectivity index (χ3n) is 7.29. The summed E-state index contributed by atoms with van der Waals surface area (Å²) < 4.78 is 35.7. The molecule has 134 valence electrons. The van der Waals surface area contributed by atoms with Gasteiger partial charge >= 0.3 is 10.4 Å². The van der Waals surface area contributed by atoms with Gasteiger partial charge in [0.1, 0.15) is 5.78 Å². The van der Waals surface area contributed by atoms with Crippen molar-refractivity contribution in [2.24, 2.45) is 23.2 Å². The Kier molecular flexibility index (Phi) is 3.93. The van der Waals surface area contributed by atoms with E-state index in [4.69, 9.17) is 8.74 Å². The van der Waals surface area contributed by atoms with Gasteiger partial charge in [-0.3, -0.25) is 9.35 Å². The second-order valence-corrected chi connectivity index (χ2v) is 9.40. The van der Waals surface area contributed by atoms with Crippen molar-refractivity contribution >= 4 is 16.2 Å². The Hall–Kier alpha value is -0.720. The molecule has 0 amide bonds. The molecule has 1 N–H and O–H groups in total. The third-order valence-corrected chi connectivity index (χ3v) is 7.81. The van der Waals surface area contributed by atoms with Crippen LogP contribution in [0.15, 0.2) is 11.1 Å². The topological polar surface area (TPSA) is 80.7 Å². The van der Waals surface area contributed by atoms with Crippen LogP contribution in [0.25, 0.3) is 0 Å². The maximum atomic E-state index is 12.4. The molecule has 0 aromatic carbocycles. The van der Waals surface area contributed by atoms with E-state index in [0.29, 0.717) is 36.4 Å². The molecule has 4 rings (SSSR count). The van der Waals surface area contributed by atoms with Crippen LogP contribution in [-0.2, 0) is 19.4 Å². The zero-order valence-corrected chi connectivity index (χ0v) is 15.0. The molecular weight excluding hydrogens is 328 g/mol. The van der Waals surface area contributed by atoms with E-state index in [0.717, 1.165) is 44.9 Å². The molecule has 0 spiro atoms. The first-order chi connectivity index (χ1) is 11.3. The highest BCUT2D eigenvalue weighted by molar-refractivity contribution is 7.80. The fourth-order valence-corrected chi connectivity index (χ4v) is 6.71. The van der Waals surface area contributed by atoms with E-state index < -0.39 is 16.5 Å². The summed E-state index contributed by atoms with van der Waals surface area (Å²) >= 11 is 0. The van der Waals surface area contributed by atoms with Gasteiger partial charge in [-0.25, -0.2) is 4.18 Å². The van der Waals surface area contributed by atoms with Crippen molar-refractivity contribution in [2.75, 3.05) is 0 Å². The minimum Gasteiger partial charge on any atom is -0.299 e. The summed E-state index contributed by atoms with van der Waals surface area (Å²) in [6.07, 6.45) is 7.71. The van der Waals surface area contributed by atoms with Gasteiger partial charge in [-0.15, -0.1) is 0 Å². The maximum absolute atomic E-state index is 12.4. The summed E-state index contributed by atoms with van der Waals surface area (Å²) in [5.41, 5.74) is 2.77. The molecule has 5 nitrogen and oxygen atoms in total. The van der Waals surface area contributed by atoms with E-state index in [2.05, 4.69) is 6.92 Å². The summed E-state index contributed by atoms with van der Waals surface area (Å²) in [7, 11) is -4.37. The van der Waals surface area contributed by atoms with Gasteiger partial charge in [-0.2, -0.15) is 8.42 Å². The van der Waals surface area contributed by atoms with Crippen LogP contribution in [0.4, 0.5) is 0 Å². The molecule has 0 unspecified atom stereocenters. The summed E-state index contributed by atoms with van der Waals surface area (Å²) in [5, 5.41) is 0. The third kappa shape index (κ3) is 2.67. The Balaban J connectivity index is 1.55. The van der Waals surface area contributed by atoms with E-state index in [1.54, 1.807) is 0 Å². The highest BCUT2D eigenvalue weighted by Gasteiger charge is 2.55. The van der Waals surface area contributed by atoms with Gasteiger partial charge in [0, 0.05) is 11.8 Å². The minimum absolute atomic E-state index is 0.0927. The van der Waals surface area contributed by atoms with E-state index in [-0.39, 0.29) is 5.41 Å². The molecule has 24 heavy (non-hydrogen) atoms. The van der Waals surface area contributed by atoms with Crippen molar-refractivity contribution < 1.29 is 21.9 Å². The zero-order chi connectivity index (χ0) is 17.1. The van der Waals surface area contributed by atoms with Gasteiger partial charge in [0.2, 0.25) is 0 Å². The van der Waals surface area contributed by atoms with Gasteiger partial charge in [-0.05, 0) is 69.1 Å². The predicted octanol–water partition coefficient (Wildman–Crippen LogP) is 3.46. The van der Waals surface area contributed by atoms with E-state index in [9.17, 15) is 13.2 Å². The summed E-state index contributed by atoms with van der Waals surface area (Å²) in [5.74, 6) is 2.19. The number of hydrogen-bond acceptors (Lipinski definition) is 4. The summed E-state index contributed by atoms with van der Waals surface area (Å²) in [4.78, 5) is 12.4. The van der Waals surface area contributed by atoms with Crippen molar-refractivity contribution in [3.05, 3.63) is 11.1 Å². The minimum atomic E-state index is -4.37. The summed E-state index contributed by atoms with van der Waals surface area (Å²) in [6.45, 7) is 2.18. The van der Waals surface area contributed by atoms with Crippen molar-refractivity contribution in [2.45, 2.75) is 70.8 Å². The van der Waals surface area contributed by atoms with Gasteiger partial charge in [0.05, 0.1) is 6.10 Å². The smallest absolute Gasteiger partial charge is 0.299 e. The highest BCUT2D eigenvalue weighted by atomic mass is 32.3. The fourth-order valence-electron chi connectivity index (χ4n) is 6.20. The van der Waals surface area contributed by atoms with E-state index >= 15 is 0 Å². The van der Waals surface area contributed by atoms with Crippen LogP contribution in [-0.4, -0.2) is 24.9 Å². The first kappa shape index (κ1) is 16.7. The van der Waals surface area contributed by atoms with Gasteiger partial charge in [0.25, 0.3) is 0 Å². The van der Waals surface area contributed by atoms with Crippen LogP contribution >= 0.6 is 0 Å². The number of rotatable bonds is 2. The Morgan fingerprint density at radius 1 is 1.12 bits per heavy atom. The molecule has 2 fully saturated rings. The number of carbonyl (C=O) groups excluding carboxylic acids is 1. The Labute approximate surface area is 143 Å². The van der Waals surface area contributed by atoms with Crippen LogP contribution in [0.5, 0.6) is 0 Å². The normalized spacial score (nSPS) is 42.5. The van der Waals surface area contributed by atoms with Crippen LogP contribution < -0.4 is 0 Å². The first-order valence-corrected chi connectivity index (χ1v) is 10.5. The first-order valence-electron chi connectivity index (χ1n) is 9.18. The second-order valence-electron chi connectivity index (χ2n) is 8.35. The molecule has 5 atom stereocenters. The molecule has 0 aromatic rings. The fraction of sp³-hybridized carbons (Fsp3) is 0.833. The SMILES string of the molecule is C[C@]12CC[C@@H]3C4=C(CC[C@H]3[C@@H]1CCC2=O)C[C@H](OS(=O)(=O)O)CC4.